The number of benzene rings is 2. The lowest BCUT2D eigenvalue weighted by molar-refractivity contribution is -0.137. The zero-order valence-corrected chi connectivity index (χ0v) is 15.4. The van der Waals surface area contributed by atoms with E-state index in [1.165, 1.54) is 11.0 Å². The van der Waals surface area contributed by atoms with Crippen molar-refractivity contribution >= 4 is 28.9 Å². The molecule has 28 heavy (non-hydrogen) atoms. The standard InChI is InChI=1S/C22H19N3O3/c1-24(13-16-7-3-2-4-8-16)22(28)17(12-23)11-18-14-25(15-21(26)27)20-10-6-5-9-19(18)20/h2-11,14H,13,15H2,1H3,(H,26,27)/b17-11+. The van der Waals surface area contributed by atoms with Crippen LogP contribution in [0.3, 0.4) is 0 Å². The van der Waals surface area contributed by atoms with Crippen molar-refractivity contribution in [2.75, 3.05) is 7.05 Å². The van der Waals surface area contributed by atoms with Gasteiger partial charge in [-0.2, -0.15) is 5.26 Å². The van der Waals surface area contributed by atoms with E-state index >= 15 is 0 Å². The molecule has 1 heterocycles. The summed E-state index contributed by atoms with van der Waals surface area (Å²) < 4.78 is 1.59. The number of likely N-dealkylation sites (N-methyl/N-ethyl adjacent to an activating group) is 1. The van der Waals surface area contributed by atoms with Gasteiger partial charge in [-0.25, -0.2) is 0 Å². The van der Waals surface area contributed by atoms with Gasteiger partial charge in [0.05, 0.1) is 0 Å². The summed E-state index contributed by atoms with van der Waals surface area (Å²) in [6.07, 6.45) is 3.17. The predicted molar refractivity (Wildman–Crippen MR) is 106 cm³/mol. The number of carbonyl (C=O) groups excluding carboxylic acids is 1. The number of carboxylic acids is 1. The molecule has 3 rings (SSSR count). The second kappa shape index (κ2) is 8.23. The van der Waals surface area contributed by atoms with Gasteiger partial charge in [0, 0.05) is 36.3 Å². The Kier molecular flexibility index (Phi) is 5.56. The zero-order valence-electron chi connectivity index (χ0n) is 15.4. The van der Waals surface area contributed by atoms with Gasteiger partial charge in [0.1, 0.15) is 18.2 Å². The first-order valence-corrected chi connectivity index (χ1v) is 8.70. The highest BCUT2D eigenvalue weighted by molar-refractivity contribution is 6.04. The molecule has 1 amide bonds. The number of carbonyl (C=O) groups is 2. The van der Waals surface area contributed by atoms with Crippen molar-refractivity contribution in [3.8, 4) is 6.07 Å². The maximum absolute atomic E-state index is 12.7. The van der Waals surface area contributed by atoms with Crippen LogP contribution in [0.2, 0.25) is 0 Å². The van der Waals surface area contributed by atoms with E-state index in [2.05, 4.69) is 0 Å². The third-order valence-corrected chi connectivity index (χ3v) is 4.38. The topological polar surface area (TPSA) is 86.3 Å². The Bertz CT molecular complexity index is 1090. The average Bonchev–Trinajstić information content (AvgIpc) is 3.03. The van der Waals surface area contributed by atoms with E-state index in [1.807, 2.05) is 60.7 Å². The van der Waals surface area contributed by atoms with Crippen molar-refractivity contribution in [1.82, 2.24) is 9.47 Å². The lowest BCUT2D eigenvalue weighted by Gasteiger charge is -2.16. The summed E-state index contributed by atoms with van der Waals surface area (Å²) >= 11 is 0. The third-order valence-electron chi connectivity index (χ3n) is 4.38. The molecular formula is C22H19N3O3. The third kappa shape index (κ3) is 4.10. The van der Waals surface area contributed by atoms with E-state index in [0.717, 1.165) is 16.5 Å². The second-order valence-corrected chi connectivity index (χ2v) is 6.44. The minimum Gasteiger partial charge on any atom is -0.480 e. The summed E-state index contributed by atoms with van der Waals surface area (Å²) in [5.41, 5.74) is 2.33. The highest BCUT2D eigenvalue weighted by Gasteiger charge is 2.17. The number of nitrogens with zero attached hydrogens (tertiary/aromatic N) is 3. The fraction of sp³-hybridized carbons (Fsp3) is 0.136. The molecule has 0 aliphatic heterocycles. The predicted octanol–water partition coefficient (Wildman–Crippen LogP) is 3.29. The molecule has 0 atom stereocenters. The Hall–Kier alpha value is -3.85. The number of carboxylic acid groups (broad SMARTS) is 1. The summed E-state index contributed by atoms with van der Waals surface area (Å²) in [7, 11) is 1.65. The van der Waals surface area contributed by atoms with Crippen LogP contribution in [0.25, 0.3) is 17.0 Å². The number of nitriles is 1. The minimum absolute atomic E-state index is 0.00309. The van der Waals surface area contributed by atoms with Crippen LogP contribution < -0.4 is 0 Å². The smallest absolute Gasteiger partial charge is 0.323 e. The fourth-order valence-corrected chi connectivity index (χ4v) is 3.10. The van der Waals surface area contributed by atoms with Crippen LogP contribution in [0.4, 0.5) is 0 Å². The number of hydrogen-bond donors (Lipinski definition) is 1. The zero-order chi connectivity index (χ0) is 20.1. The van der Waals surface area contributed by atoms with Crippen molar-refractivity contribution < 1.29 is 14.7 Å². The summed E-state index contributed by atoms with van der Waals surface area (Å²) in [4.78, 5) is 25.3. The first kappa shape index (κ1) is 18.9. The normalized spacial score (nSPS) is 11.2. The molecule has 6 nitrogen and oxygen atoms in total. The number of amides is 1. The lowest BCUT2D eigenvalue weighted by Crippen LogP contribution is -2.27. The molecule has 0 spiro atoms. The monoisotopic (exact) mass is 373 g/mol. The molecule has 0 unspecified atom stereocenters. The van der Waals surface area contributed by atoms with Gasteiger partial charge in [-0.3, -0.25) is 9.59 Å². The molecule has 1 aromatic heterocycles. The summed E-state index contributed by atoms with van der Waals surface area (Å²) in [5, 5.41) is 19.4. The van der Waals surface area contributed by atoms with Crippen molar-refractivity contribution in [1.29, 1.82) is 5.26 Å². The molecule has 2 aromatic carbocycles. The number of rotatable bonds is 6. The number of aromatic nitrogens is 1. The van der Waals surface area contributed by atoms with Gasteiger partial charge in [0.25, 0.3) is 5.91 Å². The highest BCUT2D eigenvalue weighted by Crippen LogP contribution is 2.24. The van der Waals surface area contributed by atoms with Gasteiger partial charge in [-0.05, 0) is 17.7 Å². The lowest BCUT2D eigenvalue weighted by atomic mass is 10.1. The van der Waals surface area contributed by atoms with Crippen molar-refractivity contribution in [2.24, 2.45) is 0 Å². The number of para-hydroxylation sites is 1. The van der Waals surface area contributed by atoms with E-state index in [9.17, 15) is 14.9 Å². The van der Waals surface area contributed by atoms with E-state index in [4.69, 9.17) is 5.11 Å². The fourth-order valence-electron chi connectivity index (χ4n) is 3.10. The molecular weight excluding hydrogens is 354 g/mol. The summed E-state index contributed by atoms with van der Waals surface area (Å²) in [5.74, 6) is -1.35. The van der Waals surface area contributed by atoms with E-state index in [1.54, 1.807) is 17.8 Å². The molecule has 0 aliphatic rings. The molecule has 0 saturated heterocycles. The molecule has 3 aromatic rings. The molecule has 0 bridgehead atoms. The van der Waals surface area contributed by atoms with Crippen LogP contribution >= 0.6 is 0 Å². The van der Waals surface area contributed by atoms with Crippen LogP contribution in [0.5, 0.6) is 0 Å². The Morgan fingerprint density at radius 2 is 1.82 bits per heavy atom. The molecule has 6 heteroatoms. The van der Waals surface area contributed by atoms with Crippen LogP contribution in [0.15, 0.2) is 66.4 Å². The molecule has 0 aliphatic carbocycles. The summed E-state index contributed by atoms with van der Waals surface area (Å²) in [6, 6.07) is 18.8. The van der Waals surface area contributed by atoms with Crippen molar-refractivity contribution in [3.63, 3.8) is 0 Å². The molecule has 0 fully saturated rings. The Morgan fingerprint density at radius 3 is 2.50 bits per heavy atom. The van der Waals surface area contributed by atoms with E-state index in [-0.39, 0.29) is 18.0 Å². The summed E-state index contributed by atoms with van der Waals surface area (Å²) in [6.45, 7) is 0.192. The van der Waals surface area contributed by atoms with Crippen LogP contribution in [0.1, 0.15) is 11.1 Å². The van der Waals surface area contributed by atoms with Gasteiger partial charge in [-0.1, -0.05) is 48.5 Å². The largest absolute Gasteiger partial charge is 0.480 e. The SMILES string of the molecule is CN(Cc1ccccc1)C(=O)/C(C#N)=C/c1cn(CC(=O)O)c2ccccc12. The highest BCUT2D eigenvalue weighted by atomic mass is 16.4. The van der Waals surface area contributed by atoms with Crippen molar-refractivity contribution in [3.05, 3.63) is 77.5 Å². The first-order chi connectivity index (χ1) is 13.5. The Morgan fingerprint density at radius 1 is 1.14 bits per heavy atom. The first-order valence-electron chi connectivity index (χ1n) is 8.70. The van der Waals surface area contributed by atoms with Crippen molar-refractivity contribution in [2.45, 2.75) is 13.1 Å². The maximum atomic E-state index is 12.7. The minimum atomic E-state index is -0.963. The molecule has 0 saturated carbocycles. The van der Waals surface area contributed by atoms with E-state index < -0.39 is 5.97 Å². The van der Waals surface area contributed by atoms with Crippen LogP contribution in [-0.4, -0.2) is 33.5 Å². The van der Waals surface area contributed by atoms with Gasteiger partial charge >= 0.3 is 5.97 Å². The molecule has 1 N–H and O–H groups in total. The second-order valence-electron chi connectivity index (χ2n) is 6.44. The average molecular weight is 373 g/mol. The number of aliphatic carboxylic acids is 1. The molecule has 0 radical (unpaired) electrons. The van der Waals surface area contributed by atoms with Gasteiger partial charge in [0.2, 0.25) is 0 Å². The maximum Gasteiger partial charge on any atom is 0.323 e. The number of hydrogen-bond acceptors (Lipinski definition) is 3. The van der Waals surface area contributed by atoms with Crippen LogP contribution in [-0.2, 0) is 22.7 Å². The van der Waals surface area contributed by atoms with Gasteiger partial charge < -0.3 is 14.6 Å². The molecule has 140 valence electrons. The Balaban J connectivity index is 1.93. The quantitative estimate of drug-likeness (QED) is 0.531. The van der Waals surface area contributed by atoms with Gasteiger partial charge in [-0.15, -0.1) is 0 Å². The van der Waals surface area contributed by atoms with Gasteiger partial charge in [0.15, 0.2) is 0 Å². The van der Waals surface area contributed by atoms with E-state index in [0.29, 0.717) is 12.1 Å². The Labute approximate surface area is 162 Å². The van der Waals surface area contributed by atoms with Crippen LogP contribution in [0, 0.1) is 11.3 Å². The number of fused-ring (bicyclic) bond motifs is 1.